The fourth-order valence-corrected chi connectivity index (χ4v) is 1.91. The Morgan fingerprint density at radius 2 is 2.12 bits per heavy atom. The lowest BCUT2D eigenvalue weighted by Gasteiger charge is -2.16. The Labute approximate surface area is 96.8 Å². The minimum Gasteiger partial charge on any atom is -0.309 e. The van der Waals surface area contributed by atoms with Crippen molar-refractivity contribution in [2.24, 2.45) is 5.92 Å². The van der Waals surface area contributed by atoms with Crippen LogP contribution in [0.4, 0.5) is 10.1 Å². The molecule has 0 saturated carbocycles. The van der Waals surface area contributed by atoms with Crippen LogP contribution >= 0.6 is 11.6 Å². The van der Waals surface area contributed by atoms with E-state index in [4.69, 9.17) is 11.6 Å². The lowest BCUT2D eigenvalue weighted by Crippen LogP contribution is -2.26. The van der Waals surface area contributed by atoms with E-state index in [1.54, 1.807) is 12.1 Å². The molecule has 0 aliphatic carbocycles. The zero-order valence-corrected chi connectivity index (χ0v) is 9.08. The quantitative estimate of drug-likeness (QED) is 0.742. The van der Waals surface area contributed by atoms with Gasteiger partial charge in [0.2, 0.25) is 11.1 Å². The second-order valence-electron chi connectivity index (χ2n) is 3.66. The van der Waals surface area contributed by atoms with Gasteiger partial charge in [0.15, 0.2) is 0 Å². The van der Waals surface area contributed by atoms with E-state index in [9.17, 15) is 14.0 Å². The van der Waals surface area contributed by atoms with Gasteiger partial charge in [-0.25, -0.2) is 4.39 Å². The van der Waals surface area contributed by atoms with Crippen LogP contribution in [0.15, 0.2) is 24.3 Å². The van der Waals surface area contributed by atoms with Gasteiger partial charge in [-0.2, -0.15) is 0 Å². The number of amides is 1. The van der Waals surface area contributed by atoms with Gasteiger partial charge in [-0.1, -0.05) is 12.1 Å². The topological polar surface area (TPSA) is 37.4 Å². The van der Waals surface area contributed by atoms with E-state index in [1.165, 1.54) is 17.0 Å². The van der Waals surface area contributed by atoms with E-state index in [-0.39, 0.29) is 24.6 Å². The molecule has 0 aromatic heterocycles. The Kier molecular flexibility index (Phi) is 2.92. The molecule has 1 fully saturated rings. The zero-order valence-electron chi connectivity index (χ0n) is 8.32. The molecule has 0 N–H and O–H groups in total. The Balaban J connectivity index is 2.27. The summed E-state index contributed by atoms with van der Waals surface area (Å²) in [5, 5.41) is -0.549. The van der Waals surface area contributed by atoms with Crippen molar-refractivity contribution in [2.75, 3.05) is 11.4 Å². The molecule has 1 aliphatic rings. The number of para-hydroxylation sites is 1. The fourth-order valence-electron chi connectivity index (χ4n) is 1.76. The normalized spacial score (nSPS) is 20.2. The number of halogens is 2. The first kappa shape index (κ1) is 11.1. The highest BCUT2D eigenvalue weighted by atomic mass is 35.5. The third kappa shape index (κ3) is 1.93. The monoisotopic (exact) mass is 241 g/mol. The van der Waals surface area contributed by atoms with Crippen molar-refractivity contribution in [3.05, 3.63) is 30.1 Å². The van der Waals surface area contributed by atoms with Gasteiger partial charge in [-0.05, 0) is 23.7 Å². The van der Waals surface area contributed by atoms with Crippen LogP contribution in [0.5, 0.6) is 0 Å². The van der Waals surface area contributed by atoms with Crippen LogP contribution in [-0.4, -0.2) is 17.7 Å². The summed E-state index contributed by atoms with van der Waals surface area (Å²) < 4.78 is 13.4. The van der Waals surface area contributed by atoms with Gasteiger partial charge in [0, 0.05) is 13.0 Å². The SMILES string of the molecule is O=C(Cl)[C@@H]1CC(=O)N(c2ccccc2F)C1. The number of nitrogens with zero attached hydrogens (tertiary/aromatic N) is 1. The van der Waals surface area contributed by atoms with Crippen molar-refractivity contribution in [1.82, 2.24) is 0 Å². The number of carbonyl (C=O) groups excluding carboxylic acids is 2. The molecule has 1 saturated heterocycles. The average Bonchev–Trinajstić information content (AvgIpc) is 2.61. The number of hydrogen-bond donors (Lipinski definition) is 0. The first-order valence-electron chi connectivity index (χ1n) is 4.84. The third-order valence-electron chi connectivity index (χ3n) is 2.59. The van der Waals surface area contributed by atoms with Gasteiger partial charge in [-0.3, -0.25) is 9.59 Å². The number of anilines is 1. The number of benzene rings is 1. The summed E-state index contributed by atoms with van der Waals surface area (Å²) in [5.41, 5.74) is 0.202. The molecule has 0 radical (unpaired) electrons. The van der Waals surface area contributed by atoms with E-state index in [0.29, 0.717) is 0 Å². The molecule has 1 aromatic carbocycles. The number of rotatable bonds is 2. The summed E-state index contributed by atoms with van der Waals surface area (Å²) in [6.45, 7) is 0.155. The summed E-state index contributed by atoms with van der Waals surface area (Å²) >= 11 is 5.33. The molecule has 1 heterocycles. The highest BCUT2D eigenvalue weighted by molar-refractivity contribution is 6.64. The summed E-state index contributed by atoms with van der Waals surface area (Å²) in [4.78, 5) is 23.8. The lowest BCUT2D eigenvalue weighted by molar-refractivity contribution is -0.120. The molecule has 1 aliphatic heterocycles. The van der Waals surface area contributed by atoms with Crippen LogP contribution in [0, 0.1) is 11.7 Å². The second kappa shape index (κ2) is 4.22. The fraction of sp³-hybridized carbons (Fsp3) is 0.273. The van der Waals surface area contributed by atoms with E-state index in [0.717, 1.165) is 0 Å². The number of hydrogen-bond acceptors (Lipinski definition) is 2. The number of carbonyl (C=O) groups is 2. The van der Waals surface area contributed by atoms with Crippen LogP contribution in [-0.2, 0) is 9.59 Å². The second-order valence-corrected chi connectivity index (χ2v) is 4.03. The Morgan fingerprint density at radius 3 is 2.69 bits per heavy atom. The van der Waals surface area contributed by atoms with Crippen molar-refractivity contribution in [1.29, 1.82) is 0 Å². The van der Waals surface area contributed by atoms with Crippen LogP contribution in [0.25, 0.3) is 0 Å². The van der Waals surface area contributed by atoms with Gasteiger partial charge < -0.3 is 4.90 Å². The smallest absolute Gasteiger partial charge is 0.227 e. The van der Waals surface area contributed by atoms with Crippen molar-refractivity contribution >= 4 is 28.4 Å². The molecular weight excluding hydrogens is 233 g/mol. The maximum absolute atomic E-state index is 13.4. The van der Waals surface area contributed by atoms with Crippen molar-refractivity contribution in [3.63, 3.8) is 0 Å². The van der Waals surface area contributed by atoms with E-state index in [2.05, 4.69) is 0 Å². The molecule has 0 unspecified atom stereocenters. The van der Waals surface area contributed by atoms with Crippen molar-refractivity contribution in [3.8, 4) is 0 Å². The Bertz CT molecular complexity index is 449. The lowest BCUT2D eigenvalue weighted by atomic mass is 10.1. The maximum Gasteiger partial charge on any atom is 0.227 e. The predicted octanol–water partition coefficient (Wildman–Crippen LogP) is 1.94. The molecular formula is C11H9ClFNO2. The van der Waals surface area contributed by atoms with E-state index in [1.807, 2.05) is 0 Å². The van der Waals surface area contributed by atoms with Crippen molar-refractivity contribution < 1.29 is 14.0 Å². The zero-order chi connectivity index (χ0) is 11.7. The minimum atomic E-state index is -0.549. The molecule has 5 heteroatoms. The molecule has 84 valence electrons. The Hall–Kier alpha value is -1.42. The highest BCUT2D eigenvalue weighted by Crippen LogP contribution is 2.28. The average molecular weight is 242 g/mol. The third-order valence-corrected chi connectivity index (χ3v) is 2.90. The molecule has 3 nitrogen and oxygen atoms in total. The van der Waals surface area contributed by atoms with Gasteiger partial charge in [-0.15, -0.1) is 0 Å². The van der Waals surface area contributed by atoms with Crippen LogP contribution < -0.4 is 4.90 Å². The summed E-state index contributed by atoms with van der Waals surface area (Å²) in [5.74, 6) is -1.28. The molecule has 1 atom stereocenters. The Morgan fingerprint density at radius 1 is 1.44 bits per heavy atom. The van der Waals surface area contributed by atoms with Gasteiger partial charge in [0.1, 0.15) is 5.82 Å². The van der Waals surface area contributed by atoms with E-state index >= 15 is 0 Å². The van der Waals surface area contributed by atoms with Gasteiger partial charge in [0.05, 0.1) is 11.6 Å². The molecule has 0 spiro atoms. The molecule has 2 rings (SSSR count). The summed E-state index contributed by atoms with van der Waals surface area (Å²) in [6.07, 6.45) is 0.0522. The molecule has 1 aromatic rings. The standard InChI is InChI=1S/C11H9ClFNO2/c12-11(16)7-5-10(15)14(6-7)9-4-2-1-3-8(9)13/h1-4,7H,5-6H2/t7-/m1/s1. The van der Waals surface area contributed by atoms with Gasteiger partial charge >= 0.3 is 0 Å². The summed E-state index contributed by atoms with van der Waals surface area (Å²) in [7, 11) is 0. The van der Waals surface area contributed by atoms with Crippen molar-refractivity contribution in [2.45, 2.75) is 6.42 Å². The van der Waals surface area contributed by atoms with Crippen LogP contribution in [0.3, 0.4) is 0 Å². The molecule has 1 amide bonds. The first-order valence-corrected chi connectivity index (χ1v) is 5.21. The van der Waals surface area contributed by atoms with Gasteiger partial charge in [0.25, 0.3) is 0 Å². The van der Waals surface area contributed by atoms with Crippen LogP contribution in [0.2, 0.25) is 0 Å². The van der Waals surface area contributed by atoms with Crippen LogP contribution in [0.1, 0.15) is 6.42 Å². The molecule has 16 heavy (non-hydrogen) atoms. The maximum atomic E-state index is 13.4. The highest BCUT2D eigenvalue weighted by Gasteiger charge is 2.35. The van der Waals surface area contributed by atoms with E-state index < -0.39 is 17.0 Å². The largest absolute Gasteiger partial charge is 0.309 e. The molecule has 0 bridgehead atoms. The minimum absolute atomic E-state index is 0.0522. The predicted molar refractivity (Wildman–Crippen MR) is 57.7 cm³/mol. The summed E-state index contributed by atoms with van der Waals surface area (Å²) in [6, 6.07) is 5.97. The first-order chi connectivity index (χ1) is 7.59.